The van der Waals surface area contributed by atoms with Gasteiger partial charge in [0.05, 0.1) is 43.8 Å². The van der Waals surface area contributed by atoms with Crippen LogP contribution in [0.25, 0.3) is 21.8 Å². The number of amides is 15. The second kappa shape index (κ2) is 51.6. The molecule has 3 saturated heterocycles. The van der Waals surface area contributed by atoms with E-state index < -0.39 is 247 Å². The quantitative estimate of drug-likeness (QED) is 0.0203. The van der Waals surface area contributed by atoms with Crippen LogP contribution in [0.4, 0.5) is 0 Å². The van der Waals surface area contributed by atoms with Crippen LogP contribution >= 0.6 is 35.0 Å². The number of para-hydroxylation sites is 2. The summed E-state index contributed by atoms with van der Waals surface area (Å²) >= 11 is 13.7. The number of carbonyl (C=O) groups excluding carboxylic acids is 17. The second-order valence-electron chi connectivity index (χ2n) is 35.7. The average Bonchev–Trinajstić information content (AvgIpc) is 1.74. The van der Waals surface area contributed by atoms with Gasteiger partial charge in [0.1, 0.15) is 66.5 Å². The fourth-order valence-electron chi connectivity index (χ4n) is 17.4. The van der Waals surface area contributed by atoms with Crippen LogP contribution < -0.4 is 65.1 Å². The van der Waals surface area contributed by atoms with Gasteiger partial charge in [0, 0.05) is 147 Å². The number of nitrogens with zero attached hydrogens (tertiary/aromatic N) is 6. The molecule has 137 heavy (non-hydrogen) atoms. The first-order chi connectivity index (χ1) is 65.2. The van der Waals surface area contributed by atoms with Gasteiger partial charge in [0.2, 0.25) is 88.6 Å². The van der Waals surface area contributed by atoms with Crippen molar-refractivity contribution in [3.63, 3.8) is 0 Å². The average molecular weight is 1960 g/mol. The zero-order valence-corrected chi connectivity index (χ0v) is 80.5. The summed E-state index contributed by atoms with van der Waals surface area (Å²) in [7, 11) is 3.97. The highest BCUT2D eigenvalue weighted by atomic mass is 35.5. The third-order valence-electron chi connectivity index (χ3n) is 25.0. The SMILES string of the molecule is CCCC[C@H]1C(=O)N(C)[C@@H](CCCC)C(=O)N[C@@H](CCCNC(=N)N)C(=O)N[C@H](C(=O)NCC(N)=O)CSCC(=O)N[C@@H](Cc2ccc(Cl)cc2Cl)C(=O)N(C)[C@@H](C)C(=O)N[C@@H](CC(N)=O)C(=O)N2CCC[C@H]2C(=O)N[C@@H](Cc2cnc[nH]2)C(=O)N[C@@H](CC(C)C)C(=O)N2C[C@H](O)C[C@H]2C(=O)C[C@@H](Cc2c[nH]c3ccccc23)C(=O)N[C@@H](CO)C(=O)C[C@@H](Cc2c[nH]c3ccccc23)C(=O)N1C. The highest BCUT2D eigenvalue weighted by Crippen LogP contribution is 2.32. The summed E-state index contributed by atoms with van der Waals surface area (Å²) in [6, 6.07) is 0.309. The number of rotatable bonds is 26. The van der Waals surface area contributed by atoms with Gasteiger partial charge in [-0.2, -0.15) is 0 Å². The molecule has 0 saturated carbocycles. The molecule has 41 nitrogen and oxygen atoms in total. The van der Waals surface area contributed by atoms with E-state index in [1.54, 1.807) is 74.8 Å². The van der Waals surface area contributed by atoms with Crippen molar-refractivity contribution in [2.24, 2.45) is 35.0 Å². The van der Waals surface area contributed by atoms with Crippen molar-refractivity contribution in [1.82, 2.24) is 92.3 Å². The smallest absolute Gasteiger partial charge is 0.246 e. The summed E-state index contributed by atoms with van der Waals surface area (Å²) in [5.74, 6) is -19.7. The molecule has 44 heteroatoms. The first-order valence-corrected chi connectivity index (χ1v) is 48.0. The third kappa shape index (κ3) is 30.2. The number of halogens is 2. The Labute approximate surface area is 807 Å². The number of imidazole rings is 1. The van der Waals surface area contributed by atoms with Crippen molar-refractivity contribution >= 4 is 163 Å². The van der Waals surface area contributed by atoms with Gasteiger partial charge < -0.3 is 115 Å². The normalized spacial score (nSPS) is 24.7. The molecule has 3 aromatic carbocycles. The molecule has 15 atom stereocenters. The first-order valence-electron chi connectivity index (χ1n) is 46.1. The number of nitrogens with two attached hydrogens (primary N) is 3. The number of aromatic nitrogens is 4. The number of primary amides is 2. The number of likely N-dealkylation sites (N-methyl/N-ethyl adjacent to an activating group) is 3. The molecule has 0 aliphatic carbocycles. The van der Waals surface area contributed by atoms with Gasteiger partial charge in [-0.3, -0.25) is 86.9 Å². The summed E-state index contributed by atoms with van der Waals surface area (Å²) in [6.07, 6.45) is 2.93. The van der Waals surface area contributed by atoms with Crippen molar-refractivity contribution in [3.05, 3.63) is 124 Å². The monoisotopic (exact) mass is 1960 g/mol. The number of H-pyrrole nitrogens is 3. The molecule has 3 aliphatic heterocycles. The van der Waals surface area contributed by atoms with Crippen LogP contribution in [-0.2, 0) is 107 Å². The summed E-state index contributed by atoms with van der Waals surface area (Å²) in [4.78, 5) is 271. The Balaban J connectivity index is 1.11. The molecule has 0 spiro atoms. The van der Waals surface area contributed by atoms with Crippen LogP contribution in [0.15, 0.2) is 91.6 Å². The Morgan fingerprint density at radius 3 is 1.80 bits per heavy atom. The van der Waals surface area contributed by atoms with Crippen LogP contribution in [0.1, 0.15) is 153 Å². The number of nitrogens with one attached hydrogen (secondary N) is 13. The van der Waals surface area contributed by atoms with Crippen LogP contribution in [0.3, 0.4) is 0 Å². The molecule has 3 fully saturated rings. The molecule has 0 radical (unpaired) electrons. The minimum absolute atomic E-state index is 0.00755. The number of ketones is 2. The van der Waals surface area contributed by atoms with Crippen molar-refractivity contribution in [2.75, 3.05) is 65.4 Å². The van der Waals surface area contributed by atoms with E-state index in [1.165, 1.54) is 68.6 Å². The summed E-state index contributed by atoms with van der Waals surface area (Å²) in [6.45, 7) is 6.21. The standard InChI is InChI=1S/C93H128Cl2N22O19S/c1-9-11-24-72-86(130)107-65(23-17-29-101-93(98)99)84(128)112-71(83(127)104-44-79(97)123)47-137-48-80(124)106-68(34-52-27-28-57(94)37-62(52)95)89(133)113(6)51(5)81(125)109-69(40-78(96)122)90(134)116-30-18-26-73(116)87(131)108-66(38-58-43-100-49-105-58)85(129)110-67(31-50(3)4)91(135)117-45-59(119)39-75(117)77(121)35-53(32-55-41-102-63-21-15-13-19-60(55)63)82(126)111-70(46-118)76(120)36-54(33-56-42-103-64-22-16-14-20-61(56)64)88(132)115(8)74(25-12-10-2)92(136)114(72)7/h13-16,19-22,27-28,37,41-43,49-51,53-54,59,65-75,102-103,118-119H,9-12,17-18,23-26,29-36,38-40,44-48H2,1-8H3,(H2,96,122)(H2,97,123)(H,100,105)(H,104,127)(H,106,124)(H,107,130)(H,108,131)(H,109,125)(H,110,129)(H,111,126)(H,112,128)(H4,98,99,101)/t51-,53+,54+,59+,65-,66-,67-,68-,69-,70-,71-,72-,73-,74-,75-/m0/s1. The first kappa shape index (κ1) is 108. The van der Waals surface area contributed by atoms with E-state index in [0.29, 0.717) is 64.3 Å². The summed E-state index contributed by atoms with van der Waals surface area (Å²) < 4.78 is 0. The maximum atomic E-state index is 15.8. The van der Waals surface area contributed by atoms with Crippen LogP contribution in [-0.4, -0.2) is 305 Å². The number of Topliss-reactive ketones (excluding diaryl/α,β-unsaturated/α-hetero) is 2. The lowest BCUT2D eigenvalue weighted by atomic mass is 9.88. The van der Waals surface area contributed by atoms with Gasteiger partial charge in [0.25, 0.3) is 0 Å². The van der Waals surface area contributed by atoms with E-state index in [2.05, 4.69) is 67.8 Å². The van der Waals surface area contributed by atoms with Gasteiger partial charge >= 0.3 is 0 Å². The molecule has 0 unspecified atom stereocenters. The molecule has 6 aromatic rings. The fourth-order valence-corrected chi connectivity index (χ4v) is 18.7. The van der Waals surface area contributed by atoms with Gasteiger partial charge in [-0.1, -0.05) is 119 Å². The molecule has 3 aromatic heterocycles. The highest BCUT2D eigenvalue weighted by Gasteiger charge is 2.47. The number of guanidine groups is 1. The van der Waals surface area contributed by atoms with Crippen LogP contribution in [0.2, 0.25) is 10.0 Å². The van der Waals surface area contributed by atoms with Crippen molar-refractivity contribution in [3.8, 4) is 0 Å². The number of aliphatic hydroxyl groups excluding tert-OH is 2. The highest BCUT2D eigenvalue weighted by molar-refractivity contribution is 8.00. The Morgan fingerprint density at radius 2 is 1.18 bits per heavy atom. The van der Waals surface area contributed by atoms with Gasteiger partial charge in [-0.25, -0.2) is 4.98 Å². The molecule has 744 valence electrons. The van der Waals surface area contributed by atoms with E-state index in [4.69, 9.17) is 45.8 Å². The zero-order chi connectivity index (χ0) is 100. The van der Waals surface area contributed by atoms with Crippen molar-refractivity contribution in [1.29, 1.82) is 5.41 Å². The van der Waals surface area contributed by atoms with Crippen molar-refractivity contribution < 1.29 is 91.7 Å². The maximum Gasteiger partial charge on any atom is 0.246 e. The maximum absolute atomic E-state index is 15.8. The van der Waals surface area contributed by atoms with Crippen LogP contribution in [0.5, 0.6) is 0 Å². The number of carbonyl (C=O) groups is 17. The molecule has 6 heterocycles. The fraction of sp³-hybridized carbons (Fsp3) is 0.538. The van der Waals surface area contributed by atoms with E-state index in [-0.39, 0.29) is 112 Å². The van der Waals surface area contributed by atoms with Crippen molar-refractivity contribution in [2.45, 2.75) is 235 Å². The van der Waals surface area contributed by atoms with E-state index in [1.807, 2.05) is 13.8 Å². The topological polar surface area (TPSA) is 617 Å². The van der Waals surface area contributed by atoms with Crippen LogP contribution in [0, 0.1) is 23.2 Å². The number of fused-ring (bicyclic) bond motifs is 4. The Bertz CT molecular complexity index is 5330. The Kier molecular flexibility index (Phi) is 40.7. The van der Waals surface area contributed by atoms with E-state index in [0.717, 1.165) is 26.5 Å². The van der Waals surface area contributed by atoms with E-state index in [9.17, 15) is 48.6 Å². The molecular weight excluding hydrogens is 1830 g/mol. The molecule has 0 bridgehead atoms. The van der Waals surface area contributed by atoms with Gasteiger partial charge in [-0.05, 0) is 112 Å². The lowest BCUT2D eigenvalue weighted by Gasteiger charge is -2.36. The number of aromatic amines is 3. The van der Waals surface area contributed by atoms with E-state index >= 15 is 43.2 Å². The minimum Gasteiger partial charge on any atom is -0.394 e. The Hall–Kier alpha value is -12.5. The van der Waals surface area contributed by atoms with Gasteiger partial charge in [-0.15, -0.1) is 11.8 Å². The number of hydrogen-bond acceptors (Lipinski definition) is 22. The lowest BCUT2D eigenvalue weighted by Crippen LogP contribution is -2.60. The molecular formula is C93H128Cl2N22O19S. The second-order valence-corrected chi connectivity index (χ2v) is 37.5. The lowest BCUT2D eigenvalue weighted by molar-refractivity contribution is -0.150. The van der Waals surface area contributed by atoms with Gasteiger partial charge in [0.15, 0.2) is 17.5 Å². The number of unbranched alkanes of at least 4 members (excludes halogenated alkanes) is 2. The summed E-state index contributed by atoms with van der Waals surface area (Å²) in [5, 5.41) is 56.1. The molecule has 21 N–H and O–H groups in total. The molecule has 9 rings (SSSR count). The molecule has 15 amide bonds. The Morgan fingerprint density at radius 1 is 0.584 bits per heavy atom. The number of hydrogen-bond donors (Lipinski definition) is 18. The number of benzene rings is 3. The zero-order valence-electron chi connectivity index (χ0n) is 78.2. The third-order valence-corrected chi connectivity index (χ3v) is 26.6. The largest absolute Gasteiger partial charge is 0.394 e. The summed E-state index contributed by atoms with van der Waals surface area (Å²) in [5.41, 5.74) is 19.9. The predicted octanol–water partition coefficient (Wildman–Crippen LogP) is 0.854. The predicted molar refractivity (Wildman–Crippen MR) is 510 cm³/mol. The molecule has 3 aliphatic rings. The minimum atomic E-state index is -1.79. The number of thioether (sulfide) groups is 1. The number of aliphatic hydroxyl groups is 2.